The lowest BCUT2D eigenvalue weighted by Gasteiger charge is -2.45. The predicted molar refractivity (Wildman–Crippen MR) is 127 cm³/mol. The number of nitrogens with zero attached hydrogens (tertiary/aromatic N) is 2. The minimum absolute atomic E-state index is 0.0332. The molecule has 0 unspecified atom stereocenters. The average molecular weight is 438 g/mol. The van der Waals surface area contributed by atoms with Gasteiger partial charge in [-0.2, -0.15) is 0 Å². The van der Waals surface area contributed by atoms with E-state index in [0.29, 0.717) is 30.7 Å². The molecule has 3 aliphatic carbocycles. The molecule has 158 valence electrons. The Morgan fingerprint density at radius 3 is 2.31 bits per heavy atom. The lowest BCUT2D eigenvalue weighted by Crippen LogP contribution is -2.39. The number of fused-ring (bicyclic) bond motifs is 1. The largest absolute Gasteiger partial charge is 0.355 e. The third-order valence-corrected chi connectivity index (χ3v) is 7.68. The Morgan fingerprint density at radius 2 is 1.62 bits per heavy atom. The van der Waals surface area contributed by atoms with Gasteiger partial charge in [0.05, 0.1) is 17.8 Å². The number of pyridine rings is 1. The second-order valence-electron chi connectivity index (χ2n) is 8.62. The van der Waals surface area contributed by atoms with E-state index in [2.05, 4.69) is 63.8 Å². The molecule has 7 rings (SSSR count). The molecular weight excluding hydrogens is 414 g/mol. The smallest absolute Gasteiger partial charge is 0.226 e. The second-order valence-corrected chi connectivity index (χ2v) is 9.48. The number of carbonyl (C=O) groups excluding carboxylic acids is 1. The summed E-state index contributed by atoms with van der Waals surface area (Å²) in [6.45, 7) is 0.694. The van der Waals surface area contributed by atoms with Crippen molar-refractivity contribution >= 4 is 17.2 Å². The highest BCUT2D eigenvalue weighted by atomic mass is 32.1. The van der Waals surface area contributed by atoms with E-state index in [1.807, 2.05) is 23.6 Å². The molecule has 5 heteroatoms. The molecule has 2 aromatic carbocycles. The summed E-state index contributed by atoms with van der Waals surface area (Å²) in [5.74, 6) is 1.22. The normalized spacial score (nSPS) is 20.4. The van der Waals surface area contributed by atoms with Gasteiger partial charge in [0, 0.05) is 30.0 Å². The van der Waals surface area contributed by atoms with Gasteiger partial charge >= 0.3 is 0 Å². The molecule has 0 saturated heterocycles. The van der Waals surface area contributed by atoms with Crippen molar-refractivity contribution in [3.8, 4) is 10.7 Å². The molecule has 0 fully saturated rings. The molecule has 1 amide bonds. The number of rotatable bonds is 5. The zero-order valence-electron chi connectivity index (χ0n) is 17.6. The Morgan fingerprint density at radius 1 is 0.938 bits per heavy atom. The van der Waals surface area contributed by atoms with Crippen molar-refractivity contribution < 1.29 is 4.79 Å². The van der Waals surface area contributed by atoms with Gasteiger partial charge in [-0.1, -0.05) is 54.6 Å². The van der Waals surface area contributed by atoms with Gasteiger partial charge in [0.2, 0.25) is 5.91 Å². The van der Waals surface area contributed by atoms with Crippen LogP contribution in [0, 0.1) is 5.92 Å². The fourth-order valence-corrected chi connectivity index (χ4v) is 6.22. The molecule has 1 atom stereocenters. The fourth-order valence-electron chi connectivity index (χ4n) is 5.43. The SMILES string of the molecule is O=C(Cc1csc(-c2ccccn2)n1)NC[C@@H]1CC2c3ccccc3C1c1ccccc12. The lowest BCUT2D eigenvalue weighted by atomic mass is 9.59. The van der Waals surface area contributed by atoms with Crippen LogP contribution in [-0.4, -0.2) is 22.4 Å². The number of carbonyl (C=O) groups is 1. The predicted octanol–water partition coefficient (Wildman–Crippen LogP) is 5.16. The molecule has 32 heavy (non-hydrogen) atoms. The topological polar surface area (TPSA) is 54.9 Å². The third-order valence-electron chi connectivity index (χ3n) is 6.76. The van der Waals surface area contributed by atoms with Crippen molar-refractivity contribution in [3.63, 3.8) is 0 Å². The number of hydrogen-bond acceptors (Lipinski definition) is 4. The van der Waals surface area contributed by atoms with Gasteiger partial charge in [-0.25, -0.2) is 4.98 Å². The van der Waals surface area contributed by atoms with Gasteiger partial charge in [-0.05, 0) is 46.7 Å². The Kier molecular flexibility index (Phi) is 4.84. The van der Waals surface area contributed by atoms with Crippen molar-refractivity contribution in [1.29, 1.82) is 0 Å². The van der Waals surface area contributed by atoms with Crippen molar-refractivity contribution in [2.75, 3.05) is 6.54 Å². The molecule has 2 heterocycles. The number of benzene rings is 2. The zero-order chi connectivity index (χ0) is 21.5. The van der Waals surface area contributed by atoms with Crippen LogP contribution in [0.3, 0.4) is 0 Å². The minimum atomic E-state index is 0.0332. The van der Waals surface area contributed by atoms with Crippen LogP contribution in [-0.2, 0) is 11.2 Å². The first kappa shape index (κ1) is 19.4. The van der Waals surface area contributed by atoms with Crippen LogP contribution in [0.5, 0.6) is 0 Å². The molecule has 4 aromatic rings. The van der Waals surface area contributed by atoms with E-state index in [1.165, 1.54) is 33.6 Å². The Balaban J connectivity index is 1.16. The van der Waals surface area contributed by atoms with Crippen molar-refractivity contribution in [2.24, 2.45) is 5.92 Å². The standard InChI is InChI=1S/C27H23N3OS/c31-25(14-18-16-32-27(30-18)24-11-5-6-12-28-24)29-15-17-13-23-19-7-1-3-9-21(19)26(17)22-10-4-2-8-20(22)23/h1-12,16-17,23,26H,13-15H2,(H,29,31)/t17-,23?,26?/m0/s1. The van der Waals surface area contributed by atoms with Gasteiger partial charge in [0.15, 0.2) is 0 Å². The van der Waals surface area contributed by atoms with E-state index in [9.17, 15) is 4.79 Å². The Labute approximate surface area is 191 Å². The number of nitrogens with one attached hydrogen (secondary N) is 1. The molecule has 0 aliphatic heterocycles. The maximum absolute atomic E-state index is 12.7. The molecule has 3 aliphatic rings. The molecular formula is C27H23N3OS. The van der Waals surface area contributed by atoms with Crippen LogP contribution < -0.4 is 5.32 Å². The number of hydrogen-bond donors (Lipinski definition) is 1. The van der Waals surface area contributed by atoms with E-state index in [4.69, 9.17) is 0 Å². The number of thiazole rings is 1. The van der Waals surface area contributed by atoms with Crippen LogP contribution in [0.25, 0.3) is 10.7 Å². The number of amides is 1. The first-order valence-corrected chi connectivity index (χ1v) is 12.0. The van der Waals surface area contributed by atoms with E-state index in [-0.39, 0.29) is 5.91 Å². The average Bonchev–Trinajstić information content (AvgIpc) is 3.32. The molecule has 2 bridgehead atoms. The van der Waals surface area contributed by atoms with Gasteiger partial charge in [0.25, 0.3) is 0 Å². The second kappa shape index (κ2) is 7.99. The van der Waals surface area contributed by atoms with Crippen LogP contribution >= 0.6 is 11.3 Å². The van der Waals surface area contributed by atoms with E-state index >= 15 is 0 Å². The summed E-state index contributed by atoms with van der Waals surface area (Å²) in [5.41, 5.74) is 7.43. The van der Waals surface area contributed by atoms with Gasteiger partial charge in [0.1, 0.15) is 5.01 Å². The maximum Gasteiger partial charge on any atom is 0.226 e. The summed E-state index contributed by atoms with van der Waals surface area (Å²) in [6, 6.07) is 23.4. The zero-order valence-corrected chi connectivity index (χ0v) is 18.4. The van der Waals surface area contributed by atoms with Crippen LogP contribution in [0.1, 0.15) is 46.2 Å². The highest BCUT2D eigenvalue weighted by molar-refractivity contribution is 7.13. The van der Waals surface area contributed by atoms with E-state index in [1.54, 1.807) is 6.20 Å². The van der Waals surface area contributed by atoms with E-state index < -0.39 is 0 Å². The monoisotopic (exact) mass is 437 g/mol. The summed E-state index contributed by atoms with van der Waals surface area (Å²) in [6.07, 6.45) is 3.15. The highest BCUT2D eigenvalue weighted by Crippen LogP contribution is 2.55. The third kappa shape index (κ3) is 3.33. The van der Waals surface area contributed by atoms with Crippen molar-refractivity contribution in [3.05, 3.63) is 106 Å². The molecule has 0 spiro atoms. The van der Waals surface area contributed by atoms with Gasteiger partial charge in [-0.15, -0.1) is 11.3 Å². The first-order chi connectivity index (χ1) is 15.8. The molecule has 1 N–H and O–H groups in total. The van der Waals surface area contributed by atoms with Crippen molar-refractivity contribution in [1.82, 2.24) is 15.3 Å². The van der Waals surface area contributed by atoms with Crippen molar-refractivity contribution in [2.45, 2.75) is 24.7 Å². The summed E-state index contributed by atoms with van der Waals surface area (Å²) < 4.78 is 0. The summed E-state index contributed by atoms with van der Waals surface area (Å²) in [5, 5.41) is 6.02. The Hall–Kier alpha value is -3.31. The molecule has 4 nitrogen and oxygen atoms in total. The maximum atomic E-state index is 12.7. The minimum Gasteiger partial charge on any atom is -0.355 e. The van der Waals surface area contributed by atoms with Crippen LogP contribution in [0.15, 0.2) is 78.3 Å². The number of aromatic nitrogens is 2. The van der Waals surface area contributed by atoms with E-state index in [0.717, 1.165) is 22.8 Å². The summed E-state index contributed by atoms with van der Waals surface area (Å²) >= 11 is 1.53. The molecule has 2 aromatic heterocycles. The Bertz CT molecular complexity index is 1240. The van der Waals surface area contributed by atoms with Gasteiger partial charge in [-0.3, -0.25) is 9.78 Å². The molecule has 0 radical (unpaired) electrons. The fraction of sp³-hybridized carbons (Fsp3) is 0.222. The summed E-state index contributed by atoms with van der Waals surface area (Å²) in [4.78, 5) is 21.7. The first-order valence-electron chi connectivity index (χ1n) is 11.1. The quantitative estimate of drug-likeness (QED) is 0.469. The van der Waals surface area contributed by atoms with Crippen LogP contribution in [0.4, 0.5) is 0 Å². The summed E-state index contributed by atoms with van der Waals surface area (Å²) in [7, 11) is 0. The lowest BCUT2D eigenvalue weighted by molar-refractivity contribution is -0.120. The molecule has 0 saturated carbocycles. The van der Waals surface area contributed by atoms with Gasteiger partial charge < -0.3 is 5.32 Å². The highest BCUT2D eigenvalue weighted by Gasteiger charge is 2.42. The van der Waals surface area contributed by atoms with Crippen LogP contribution in [0.2, 0.25) is 0 Å².